The van der Waals surface area contributed by atoms with Crippen molar-refractivity contribution in [2.45, 2.75) is 64.2 Å². The smallest absolute Gasteiger partial charge is 0.169 e. The number of halogens is 2. The molecule has 0 spiro atoms. The first-order valence-corrected chi connectivity index (χ1v) is 9.03. The lowest BCUT2D eigenvalue weighted by Crippen LogP contribution is -2.25. The Bertz CT molecular complexity index is 553. The van der Waals surface area contributed by atoms with E-state index in [4.69, 9.17) is 0 Å². The van der Waals surface area contributed by atoms with Crippen LogP contribution in [0.4, 0.5) is 8.78 Å². The molecule has 126 valence electrons. The molecule has 2 saturated carbocycles. The average molecular weight is 320 g/mol. The Labute approximate surface area is 137 Å². The van der Waals surface area contributed by atoms with Crippen LogP contribution in [0.15, 0.2) is 12.1 Å². The van der Waals surface area contributed by atoms with Crippen LogP contribution in [-0.4, -0.2) is 6.29 Å². The van der Waals surface area contributed by atoms with Gasteiger partial charge in [-0.2, -0.15) is 0 Å². The highest BCUT2D eigenvalue weighted by atomic mass is 19.2. The number of carbonyl (C=O) groups is 1. The van der Waals surface area contributed by atoms with E-state index < -0.39 is 11.6 Å². The summed E-state index contributed by atoms with van der Waals surface area (Å²) < 4.78 is 28.0. The van der Waals surface area contributed by atoms with Crippen molar-refractivity contribution >= 4 is 6.29 Å². The number of hydrogen-bond donors (Lipinski definition) is 0. The third-order valence-electron chi connectivity index (χ3n) is 6.21. The summed E-state index contributed by atoms with van der Waals surface area (Å²) >= 11 is 0. The molecule has 3 rings (SSSR count). The molecule has 0 aliphatic heterocycles. The minimum absolute atomic E-state index is 0.101. The molecule has 0 radical (unpaired) electrons. The van der Waals surface area contributed by atoms with E-state index in [0.717, 1.165) is 43.4 Å². The second-order valence-corrected chi connectivity index (χ2v) is 7.62. The van der Waals surface area contributed by atoms with Crippen molar-refractivity contribution in [1.29, 1.82) is 0 Å². The molecule has 3 heteroatoms. The summed E-state index contributed by atoms with van der Waals surface area (Å²) in [6, 6.07) is 3.02. The highest BCUT2D eigenvalue weighted by molar-refractivity contribution is 5.75. The van der Waals surface area contributed by atoms with Crippen molar-refractivity contribution in [2.24, 2.45) is 17.8 Å². The first-order valence-electron chi connectivity index (χ1n) is 9.03. The highest BCUT2D eigenvalue weighted by Crippen LogP contribution is 2.44. The molecular weight excluding hydrogens is 294 g/mol. The van der Waals surface area contributed by atoms with Crippen LogP contribution in [0.5, 0.6) is 0 Å². The largest absolute Gasteiger partial charge is 0.298 e. The molecule has 2 fully saturated rings. The van der Waals surface area contributed by atoms with Crippen molar-refractivity contribution in [1.82, 2.24) is 0 Å². The van der Waals surface area contributed by atoms with Crippen molar-refractivity contribution in [3.8, 4) is 0 Å². The molecule has 0 atom stereocenters. The van der Waals surface area contributed by atoms with Crippen LogP contribution in [-0.2, 0) is 0 Å². The number of aldehydes is 1. The standard InChI is InChI=1S/C20H26F2O/c1-13-2-4-14(5-3-13)15-6-8-16(9-7-15)18-11-10-17(12-23)19(21)20(18)22/h10-16H,2-9H2,1H3. The average Bonchev–Trinajstić information content (AvgIpc) is 2.58. The van der Waals surface area contributed by atoms with Gasteiger partial charge in [0.1, 0.15) is 0 Å². The van der Waals surface area contributed by atoms with Gasteiger partial charge in [-0.25, -0.2) is 8.78 Å². The summed E-state index contributed by atoms with van der Waals surface area (Å²) in [7, 11) is 0. The summed E-state index contributed by atoms with van der Waals surface area (Å²) in [5, 5.41) is 0. The summed E-state index contributed by atoms with van der Waals surface area (Å²) in [4.78, 5) is 10.7. The van der Waals surface area contributed by atoms with Crippen LogP contribution in [0.1, 0.15) is 80.1 Å². The third kappa shape index (κ3) is 3.49. The fourth-order valence-electron chi connectivity index (χ4n) is 4.64. The number of rotatable bonds is 3. The van der Waals surface area contributed by atoms with Crippen molar-refractivity contribution in [3.05, 3.63) is 34.9 Å². The van der Waals surface area contributed by atoms with Gasteiger partial charge in [0.2, 0.25) is 0 Å². The van der Waals surface area contributed by atoms with Gasteiger partial charge >= 0.3 is 0 Å². The maximum atomic E-state index is 14.2. The van der Waals surface area contributed by atoms with E-state index in [0.29, 0.717) is 11.8 Å². The van der Waals surface area contributed by atoms with E-state index in [-0.39, 0.29) is 11.5 Å². The monoisotopic (exact) mass is 320 g/mol. The van der Waals surface area contributed by atoms with Gasteiger partial charge < -0.3 is 0 Å². The Hall–Kier alpha value is -1.25. The Kier molecular flexibility index (Phi) is 5.13. The molecule has 23 heavy (non-hydrogen) atoms. The molecular formula is C20H26F2O. The second kappa shape index (κ2) is 7.11. The number of carbonyl (C=O) groups excluding carboxylic acids is 1. The SMILES string of the molecule is CC1CCC(C2CCC(c3ccc(C=O)c(F)c3F)CC2)CC1. The Morgan fingerprint density at radius 2 is 1.43 bits per heavy atom. The molecule has 0 amide bonds. The molecule has 1 aromatic rings. The van der Waals surface area contributed by atoms with Gasteiger partial charge in [-0.05, 0) is 73.8 Å². The number of benzene rings is 1. The van der Waals surface area contributed by atoms with Gasteiger partial charge in [-0.3, -0.25) is 4.79 Å². The van der Waals surface area contributed by atoms with Gasteiger partial charge in [0.15, 0.2) is 17.9 Å². The van der Waals surface area contributed by atoms with Gasteiger partial charge in [0.25, 0.3) is 0 Å². The van der Waals surface area contributed by atoms with Crippen molar-refractivity contribution < 1.29 is 13.6 Å². The Morgan fingerprint density at radius 3 is 2.00 bits per heavy atom. The van der Waals surface area contributed by atoms with Crippen LogP contribution in [0.2, 0.25) is 0 Å². The zero-order chi connectivity index (χ0) is 16.4. The molecule has 0 aromatic heterocycles. The lowest BCUT2D eigenvalue weighted by atomic mass is 9.68. The molecule has 0 unspecified atom stereocenters. The summed E-state index contributed by atoms with van der Waals surface area (Å²) in [5.74, 6) is 0.775. The molecule has 1 aromatic carbocycles. The molecule has 2 aliphatic rings. The number of hydrogen-bond acceptors (Lipinski definition) is 1. The van der Waals surface area contributed by atoms with Crippen LogP contribution in [0.25, 0.3) is 0 Å². The zero-order valence-electron chi connectivity index (χ0n) is 13.9. The van der Waals surface area contributed by atoms with Crippen LogP contribution >= 0.6 is 0 Å². The first kappa shape index (κ1) is 16.6. The van der Waals surface area contributed by atoms with Crippen LogP contribution in [0, 0.1) is 29.4 Å². The maximum absolute atomic E-state index is 14.2. The zero-order valence-corrected chi connectivity index (χ0v) is 13.9. The normalized spacial score (nSPS) is 31.8. The van der Waals surface area contributed by atoms with E-state index in [2.05, 4.69) is 6.92 Å². The van der Waals surface area contributed by atoms with E-state index in [1.165, 1.54) is 31.7 Å². The minimum atomic E-state index is -0.985. The minimum Gasteiger partial charge on any atom is -0.298 e. The predicted molar refractivity (Wildman–Crippen MR) is 87.6 cm³/mol. The van der Waals surface area contributed by atoms with Gasteiger partial charge in [0, 0.05) is 0 Å². The molecule has 0 N–H and O–H groups in total. The van der Waals surface area contributed by atoms with Gasteiger partial charge in [0.05, 0.1) is 5.56 Å². The van der Waals surface area contributed by atoms with Crippen molar-refractivity contribution in [2.75, 3.05) is 0 Å². The van der Waals surface area contributed by atoms with E-state index in [9.17, 15) is 13.6 Å². The molecule has 1 nitrogen and oxygen atoms in total. The lowest BCUT2D eigenvalue weighted by molar-refractivity contribution is 0.111. The van der Waals surface area contributed by atoms with Gasteiger partial charge in [-0.1, -0.05) is 25.8 Å². The summed E-state index contributed by atoms with van der Waals surface area (Å²) in [6.07, 6.45) is 9.88. The highest BCUT2D eigenvalue weighted by Gasteiger charge is 2.31. The van der Waals surface area contributed by atoms with Crippen LogP contribution < -0.4 is 0 Å². The first-order chi connectivity index (χ1) is 11.1. The quantitative estimate of drug-likeness (QED) is 0.636. The molecule has 0 heterocycles. The predicted octanol–water partition coefficient (Wildman–Crippen LogP) is 5.88. The lowest BCUT2D eigenvalue weighted by Gasteiger charge is -2.37. The van der Waals surface area contributed by atoms with Crippen molar-refractivity contribution in [3.63, 3.8) is 0 Å². The molecule has 2 aliphatic carbocycles. The van der Waals surface area contributed by atoms with Gasteiger partial charge in [-0.15, -0.1) is 0 Å². The maximum Gasteiger partial charge on any atom is 0.169 e. The summed E-state index contributed by atoms with van der Waals surface area (Å²) in [6.45, 7) is 2.34. The molecule has 0 bridgehead atoms. The summed E-state index contributed by atoms with van der Waals surface area (Å²) in [5.41, 5.74) is 0.278. The molecule has 0 saturated heterocycles. The van der Waals surface area contributed by atoms with E-state index in [1.807, 2.05) is 0 Å². The fourth-order valence-corrected chi connectivity index (χ4v) is 4.64. The van der Waals surface area contributed by atoms with E-state index >= 15 is 0 Å². The topological polar surface area (TPSA) is 17.1 Å². The van der Waals surface area contributed by atoms with Crippen LogP contribution in [0.3, 0.4) is 0 Å². The Morgan fingerprint density at radius 1 is 0.870 bits per heavy atom. The van der Waals surface area contributed by atoms with E-state index in [1.54, 1.807) is 6.07 Å². The second-order valence-electron chi connectivity index (χ2n) is 7.62. The third-order valence-corrected chi connectivity index (χ3v) is 6.21. The fraction of sp³-hybridized carbons (Fsp3) is 0.650. The Balaban J connectivity index is 1.63.